The molecule has 2 aliphatic rings. The van der Waals surface area contributed by atoms with Gasteiger partial charge in [0.05, 0.1) is 10.7 Å². The average molecular weight is 402 g/mol. The van der Waals surface area contributed by atoms with Gasteiger partial charge in [-0.25, -0.2) is 4.98 Å². The summed E-state index contributed by atoms with van der Waals surface area (Å²) in [6.45, 7) is 0. The third-order valence-electron chi connectivity index (χ3n) is 4.68. The van der Waals surface area contributed by atoms with Crippen molar-refractivity contribution in [2.75, 3.05) is 11.9 Å². The second-order valence-corrected chi connectivity index (χ2v) is 7.10. The van der Waals surface area contributed by atoms with Crippen molar-refractivity contribution in [3.05, 3.63) is 34.8 Å². The zero-order chi connectivity index (χ0) is 19.5. The average Bonchev–Trinajstić information content (AvgIpc) is 3.28. The first-order valence-corrected chi connectivity index (χ1v) is 8.65. The third kappa shape index (κ3) is 3.14. The molecular weight excluding hydrogens is 387 g/mol. The zero-order valence-corrected chi connectivity index (χ0v) is 14.9. The first-order valence-electron chi connectivity index (χ1n) is 8.27. The van der Waals surface area contributed by atoms with Crippen LogP contribution in [0.4, 0.5) is 18.9 Å². The minimum Gasteiger partial charge on any atom is -0.438 e. The second kappa shape index (κ2) is 6.13. The molecule has 0 spiro atoms. The standard InChI is InChI=1S/C17H15ClF3N3O3/c1-23-11(17(19,20)21)7-13(25)24(16(23)26)10-5-4-9(18)14-15(10)27-12(22-14)6-8-2-3-8/h4-5,7-8,16,26H,2-3,6H2,1H3. The number of aliphatic hydroxyl groups is 1. The molecule has 0 bridgehead atoms. The number of hydrogen-bond donors (Lipinski definition) is 1. The SMILES string of the molecule is CN1C(C(F)(F)F)=CC(=O)N(c2ccc(Cl)c3nc(CC4CC4)oc23)C1O. The summed E-state index contributed by atoms with van der Waals surface area (Å²) in [6, 6.07) is 2.88. The van der Waals surface area contributed by atoms with Crippen molar-refractivity contribution in [2.45, 2.75) is 31.8 Å². The van der Waals surface area contributed by atoms with Gasteiger partial charge in [-0.15, -0.1) is 0 Å². The Labute approximate surface area is 156 Å². The maximum atomic E-state index is 13.1. The Bertz CT molecular complexity index is 952. The number of aromatic nitrogens is 1. The van der Waals surface area contributed by atoms with Gasteiger partial charge in [-0.05, 0) is 30.9 Å². The number of amides is 1. The molecule has 0 radical (unpaired) electrons. The van der Waals surface area contributed by atoms with Gasteiger partial charge in [-0.1, -0.05) is 11.6 Å². The molecule has 1 atom stereocenters. The number of allylic oxidation sites excluding steroid dienone is 1. The van der Waals surface area contributed by atoms with Gasteiger partial charge in [0.2, 0.25) is 6.35 Å². The molecule has 1 N–H and O–H groups in total. The Balaban J connectivity index is 1.79. The molecule has 10 heteroatoms. The van der Waals surface area contributed by atoms with E-state index in [4.69, 9.17) is 16.0 Å². The van der Waals surface area contributed by atoms with Crippen molar-refractivity contribution in [3.63, 3.8) is 0 Å². The molecule has 144 valence electrons. The van der Waals surface area contributed by atoms with Crippen LogP contribution < -0.4 is 4.90 Å². The smallest absolute Gasteiger partial charge is 0.431 e. The number of alkyl halides is 3. The number of oxazole rings is 1. The molecule has 1 amide bonds. The van der Waals surface area contributed by atoms with E-state index in [0.717, 1.165) is 24.8 Å². The molecule has 1 aliphatic carbocycles. The highest BCUT2D eigenvalue weighted by atomic mass is 35.5. The predicted octanol–water partition coefficient (Wildman–Crippen LogP) is 3.43. The lowest BCUT2D eigenvalue weighted by molar-refractivity contribution is -0.138. The minimum absolute atomic E-state index is 0.103. The Kier molecular flexibility index (Phi) is 4.12. The number of fused-ring (bicyclic) bond motifs is 1. The van der Waals surface area contributed by atoms with E-state index in [0.29, 0.717) is 39.7 Å². The molecule has 1 fully saturated rings. The van der Waals surface area contributed by atoms with E-state index >= 15 is 0 Å². The van der Waals surface area contributed by atoms with E-state index in [9.17, 15) is 23.1 Å². The largest absolute Gasteiger partial charge is 0.438 e. The number of carbonyl (C=O) groups is 1. The fourth-order valence-corrected chi connectivity index (χ4v) is 3.27. The van der Waals surface area contributed by atoms with Crippen molar-refractivity contribution < 1.29 is 27.5 Å². The van der Waals surface area contributed by atoms with E-state index in [1.54, 1.807) is 0 Å². The molecule has 2 heterocycles. The van der Waals surface area contributed by atoms with Crippen LogP contribution in [-0.4, -0.2) is 40.5 Å². The van der Waals surface area contributed by atoms with Crippen LogP contribution in [0.15, 0.2) is 28.3 Å². The molecule has 4 rings (SSSR count). The molecule has 1 aliphatic heterocycles. The van der Waals surface area contributed by atoms with E-state index in [2.05, 4.69) is 4.98 Å². The highest BCUT2D eigenvalue weighted by Crippen LogP contribution is 2.39. The zero-order valence-electron chi connectivity index (χ0n) is 14.1. The highest BCUT2D eigenvalue weighted by Gasteiger charge is 2.45. The summed E-state index contributed by atoms with van der Waals surface area (Å²) in [5.41, 5.74) is -0.667. The first-order chi connectivity index (χ1) is 12.7. The maximum Gasteiger partial charge on any atom is 0.431 e. The van der Waals surface area contributed by atoms with Crippen LogP contribution in [-0.2, 0) is 11.2 Å². The summed E-state index contributed by atoms with van der Waals surface area (Å²) in [5.74, 6) is -0.0803. The molecule has 1 saturated carbocycles. The van der Waals surface area contributed by atoms with Gasteiger partial charge >= 0.3 is 6.18 Å². The Morgan fingerprint density at radius 1 is 1.37 bits per heavy atom. The van der Waals surface area contributed by atoms with Gasteiger partial charge in [0.15, 0.2) is 11.5 Å². The number of hydrogen-bond acceptors (Lipinski definition) is 5. The van der Waals surface area contributed by atoms with Crippen LogP contribution in [0.1, 0.15) is 18.7 Å². The number of benzene rings is 1. The Hall–Kier alpha value is -2.26. The van der Waals surface area contributed by atoms with Crippen molar-refractivity contribution in [1.82, 2.24) is 9.88 Å². The van der Waals surface area contributed by atoms with Crippen molar-refractivity contribution in [3.8, 4) is 0 Å². The van der Waals surface area contributed by atoms with E-state index in [-0.39, 0.29) is 11.3 Å². The summed E-state index contributed by atoms with van der Waals surface area (Å²) in [7, 11) is 1.05. The van der Waals surface area contributed by atoms with Gasteiger partial charge in [-0.2, -0.15) is 13.2 Å². The van der Waals surface area contributed by atoms with E-state index < -0.39 is 24.1 Å². The van der Waals surface area contributed by atoms with Crippen LogP contribution >= 0.6 is 11.6 Å². The van der Waals surface area contributed by atoms with Crippen molar-refractivity contribution in [2.24, 2.45) is 5.92 Å². The van der Waals surface area contributed by atoms with Gasteiger partial charge in [0.25, 0.3) is 5.91 Å². The summed E-state index contributed by atoms with van der Waals surface area (Å²) in [6.07, 6.45) is -3.40. The molecule has 6 nitrogen and oxygen atoms in total. The highest BCUT2D eigenvalue weighted by molar-refractivity contribution is 6.35. The molecule has 2 aromatic rings. The van der Waals surface area contributed by atoms with Crippen molar-refractivity contribution >= 4 is 34.3 Å². The number of aliphatic hydroxyl groups excluding tert-OH is 1. The summed E-state index contributed by atoms with van der Waals surface area (Å²) < 4.78 is 44.9. The van der Waals surface area contributed by atoms with Crippen LogP contribution in [0.5, 0.6) is 0 Å². The number of carbonyl (C=O) groups excluding carboxylic acids is 1. The van der Waals surface area contributed by atoms with Gasteiger partial charge in [0.1, 0.15) is 11.2 Å². The molecule has 27 heavy (non-hydrogen) atoms. The number of rotatable bonds is 3. The monoisotopic (exact) mass is 401 g/mol. The normalized spacial score (nSPS) is 21.2. The maximum absolute atomic E-state index is 13.1. The minimum atomic E-state index is -4.77. The van der Waals surface area contributed by atoms with Crippen LogP contribution in [0.3, 0.4) is 0 Å². The molecule has 1 aromatic heterocycles. The molecule has 1 aromatic carbocycles. The third-order valence-corrected chi connectivity index (χ3v) is 4.99. The van der Waals surface area contributed by atoms with Gasteiger partial charge < -0.3 is 14.4 Å². The molecule has 1 unspecified atom stereocenters. The summed E-state index contributed by atoms with van der Waals surface area (Å²) in [5, 5.41) is 10.7. The molecular formula is C17H15ClF3N3O3. The lowest BCUT2D eigenvalue weighted by atomic mass is 10.2. The Morgan fingerprint density at radius 2 is 2.07 bits per heavy atom. The van der Waals surface area contributed by atoms with E-state index in [1.807, 2.05) is 0 Å². The van der Waals surface area contributed by atoms with Gasteiger partial charge in [-0.3, -0.25) is 9.69 Å². The first kappa shape index (κ1) is 18.1. The quantitative estimate of drug-likeness (QED) is 0.853. The number of nitrogens with zero attached hydrogens (tertiary/aromatic N) is 3. The topological polar surface area (TPSA) is 69.8 Å². The van der Waals surface area contributed by atoms with Crippen LogP contribution in [0, 0.1) is 5.92 Å². The van der Waals surface area contributed by atoms with Gasteiger partial charge in [0, 0.05) is 19.5 Å². The van der Waals surface area contributed by atoms with E-state index in [1.165, 1.54) is 12.1 Å². The fraction of sp³-hybridized carbons (Fsp3) is 0.412. The fourth-order valence-electron chi connectivity index (χ4n) is 3.08. The summed E-state index contributed by atoms with van der Waals surface area (Å²) in [4.78, 5) is 18.1. The Morgan fingerprint density at radius 3 is 2.70 bits per heavy atom. The lowest BCUT2D eigenvalue weighted by Gasteiger charge is -2.39. The van der Waals surface area contributed by atoms with Crippen LogP contribution in [0.2, 0.25) is 5.02 Å². The van der Waals surface area contributed by atoms with Crippen molar-refractivity contribution in [1.29, 1.82) is 0 Å². The molecule has 0 saturated heterocycles. The number of halogens is 4. The number of anilines is 1. The predicted molar refractivity (Wildman–Crippen MR) is 90.8 cm³/mol. The second-order valence-electron chi connectivity index (χ2n) is 6.69. The summed E-state index contributed by atoms with van der Waals surface area (Å²) >= 11 is 6.16. The van der Waals surface area contributed by atoms with Crippen LogP contribution in [0.25, 0.3) is 11.1 Å². The lowest BCUT2D eigenvalue weighted by Crippen LogP contribution is -2.54.